The molecular formula is C21H24N2O3. The molecule has 1 aliphatic heterocycles. The van der Waals surface area contributed by atoms with Gasteiger partial charge in [-0.15, -0.1) is 0 Å². The average molecular weight is 352 g/mol. The van der Waals surface area contributed by atoms with Gasteiger partial charge < -0.3 is 15.0 Å². The van der Waals surface area contributed by atoms with Crippen molar-refractivity contribution in [2.45, 2.75) is 32.3 Å². The zero-order valence-electron chi connectivity index (χ0n) is 15.2. The van der Waals surface area contributed by atoms with E-state index in [1.807, 2.05) is 54.6 Å². The molecule has 0 aromatic heterocycles. The third-order valence-electron chi connectivity index (χ3n) is 4.42. The highest BCUT2D eigenvalue weighted by atomic mass is 16.5. The number of rotatable bonds is 6. The third-order valence-corrected chi connectivity index (χ3v) is 4.42. The molecule has 0 aliphatic carbocycles. The molecule has 0 saturated carbocycles. The summed E-state index contributed by atoms with van der Waals surface area (Å²) in [5.41, 5.74) is 0.971. The summed E-state index contributed by atoms with van der Waals surface area (Å²) in [5.74, 6) is 0.477. The fourth-order valence-electron chi connectivity index (χ4n) is 3.03. The van der Waals surface area contributed by atoms with Crippen LogP contribution in [0.15, 0.2) is 54.6 Å². The van der Waals surface area contributed by atoms with Crippen molar-refractivity contribution in [2.24, 2.45) is 0 Å². The van der Waals surface area contributed by atoms with Crippen LogP contribution in [0, 0.1) is 0 Å². The summed E-state index contributed by atoms with van der Waals surface area (Å²) in [4.78, 5) is 26.5. The molecule has 0 radical (unpaired) electrons. The second-order valence-electron chi connectivity index (χ2n) is 6.87. The molecule has 0 fully saturated rings. The van der Waals surface area contributed by atoms with Gasteiger partial charge in [-0.25, -0.2) is 0 Å². The molecule has 0 spiro atoms. The van der Waals surface area contributed by atoms with Crippen LogP contribution in [0.4, 0.5) is 5.69 Å². The Kier molecular flexibility index (Phi) is 5.26. The second-order valence-corrected chi connectivity index (χ2v) is 6.87. The number of amides is 2. The Labute approximate surface area is 154 Å². The maximum atomic E-state index is 12.7. The lowest BCUT2D eigenvalue weighted by atomic mass is 10.0. The van der Waals surface area contributed by atoms with Gasteiger partial charge in [0.2, 0.25) is 5.91 Å². The van der Waals surface area contributed by atoms with Gasteiger partial charge in [0.15, 0.2) is 5.60 Å². The van der Waals surface area contributed by atoms with Gasteiger partial charge in [-0.1, -0.05) is 42.5 Å². The monoisotopic (exact) mass is 352 g/mol. The van der Waals surface area contributed by atoms with Crippen LogP contribution in [0.1, 0.15) is 25.8 Å². The molecule has 1 N–H and O–H groups in total. The SMILES string of the molecule is CC1(C)Oc2ccccc2N(CCC(=O)NCCc2ccccc2)C1=O. The number of carbonyl (C=O) groups excluding carboxylic acids is 2. The van der Waals surface area contributed by atoms with Gasteiger partial charge in [-0.05, 0) is 38.0 Å². The van der Waals surface area contributed by atoms with E-state index in [-0.39, 0.29) is 18.2 Å². The first-order chi connectivity index (χ1) is 12.5. The Bertz CT molecular complexity index is 787. The van der Waals surface area contributed by atoms with E-state index in [4.69, 9.17) is 4.74 Å². The van der Waals surface area contributed by atoms with Gasteiger partial charge in [-0.2, -0.15) is 0 Å². The van der Waals surface area contributed by atoms with Crippen LogP contribution in [-0.2, 0) is 16.0 Å². The van der Waals surface area contributed by atoms with Crippen molar-refractivity contribution >= 4 is 17.5 Å². The quantitative estimate of drug-likeness (QED) is 0.870. The van der Waals surface area contributed by atoms with E-state index in [1.165, 1.54) is 5.56 Å². The number of carbonyl (C=O) groups is 2. The predicted octanol–water partition coefficient (Wildman–Crippen LogP) is 2.94. The number of para-hydroxylation sites is 2. The summed E-state index contributed by atoms with van der Waals surface area (Å²) in [6, 6.07) is 17.4. The molecule has 136 valence electrons. The van der Waals surface area contributed by atoms with Gasteiger partial charge in [-0.3, -0.25) is 9.59 Å². The number of hydrogen-bond acceptors (Lipinski definition) is 3. The van der Waals surface area contributed by atoms with Gasteiger partial charge in [0, 0.05) is 19.5 Å². The molecule has 3 rings (SSSR count). The summed E-state index contributed by atoms with van der Waals surface area (Å²) in [6.45, 7) is 4.41. The maximum absolute atomic E-state index is 12.7. The van der Waals surface area contributed by atoms with E-state index < -0.39 is 5.60 Å². The second kappa shape index (κ2) is 7.60. The van der Waals surface area contributed by atoms with Crippen LogP contribution in [0.25, 0.3) is 0 Å². The predicted molar refractivity (Wildman–Crippen MR) is 101 cm³/mol. The first-order valence-electron chi connectivity index (χ1n) is 8.88. The standard InChI is InChI=1S/C21H24N2O3/c1-21(2)20(25)23(17-10-6-7-11-18(17)26-21)15-13-19(24)22-14-12-16-8-4-3-5-9-16/h3-11H,12-15H2,1-2H3,(H,22,24). The number of benzene rings is 2. The highest BCUT2D eigenvalue weighted by Crippen LogP contribution is 2.37. The van der Waals surface area contributed by atoms with Crippen molar-refractivity contribution in [2.75, 3.05) is 18.0 Å². The van der Waals surface area contributed by atoms with Crippen molar-refractivity contribution < 1.29 is 14.3 Å². The number of anilines is 1. The van der Waals surface area contributed by atoms with E-state index in [1.54, 1.807) is 18.7 Å². The lowest BCUT2D eigenvalue weighted by molar-refractivity contribution is -0.132. The van der Waals surface area contributed by atoms with Crippen LogP contribution in [0.5, 0.6) is 5.75 Å². The number of fused-ring (bicyclic) bond motifs is 1. The molecule has 2 aromatic rings. The van der Waals surface area contributed by atoms with E-state index in [0.717, 1.165) is 6.42 Å². The van der Waals surface area contributed by atoms with Crippen LogP contribution in [0.2, 0.25) is 0 Å². The van der Waals surface area contributed by atoms with Crippen molar-refractivity contribution in [3.05, 3.63) is 60.2 Å². The Balaban J connectivity index is 1.56. The summed E-state index contributed by atoms with van der Waals surface area (Å²) >= 11 is 0. The minimum absolute atomic E-state index is 0.0597. The first kappa shape index (κ1) is 18.0. The molecule has 0 saturated heterocycles. The minimum Gasteiger partial charge on any atom is -0.476 e. The highest BCUT2D eigenvalue weighted by molar-refractivity contribution is 6.02. The molecule has 5 nitrogen and oxygen atoms in total. The van der Waals surface area contributed by atoms with Gasteiger partial charge >= 0.3 is 0 Å². The molecule has 26 heavy (non-hydrogen) atoms. The molecule has 0 atom stereocenters. The molecule has 1 aliphatic rings. The minimum atomic E-state index is -0.932. The number of nitrogens with one attached hydrogen (secondary N) is 1. The lowest BCUT2D eigenvalue weighted by Gasteiger charge is -2.38. The molecule has 5 heteroatoms. The van der Waals surface area contributed by atoms with Crippen LogP contribution < -0.4 is 15.0 Å². The molecule has 0 unspecified atom stereocenters. The van der Waals surface area contributed by atoms with Crippen molar-refractivity contribution in [3.8, 4) is 5.75 Å². The summed E-state index contributed by atoms with van der Waals surface area (Å²) in [7, 11) is 0. The lowest BCUT2D eigenvalue weighted by Crippen LogP contribution is -2.53. The summed E-state index contributed by atoms with van der Waals surface area (Å²) in [6.07, 6.45) is 1.05. The summed E-state index contributed by atoms with van der Waals surface area (Å²) < 4.78 is 5.79. The van der Waals surface area contributed by atoms with E-state index in [2.05, 4.69) is 5.32 Å². The normalized spacial score (nSPS) is 15.2. The van der Waals surface area contributed by atoms with E-state index in [9.17, 15) is 9.59 Å². The van der Waals surface area contributed by atoms with Crippen molar-refractivity contribution in [3.63, 3.8) is 0 Å². The Hall–Kier alpha value is -2.82. The van der Waals surface area contributed by atoms with Gasteiger partial charge in [0.25, 0.3) is 5.91 Å². The Morgan fingerprint density at radius 3 is 2.54 bits per heavy atom. The average Bonchev–Trinajstić information content (AvgIpc) is 2.63. The first-order valence-corrected chi connectivity index (χ1v) is 8.88. The van der Waals surface area contributed by atoms with Crippen molar-refractivity contribution in [1.82, 2.24) is 5.32 Å². The largest absolute Gasteiger partial charge is 0.476 e. The summed E-state index contributed by atoms with van der Waals surface area (Å²) in [5, 5.41) is 2.92. The molecule has 2 amide bonds. The topological polar surface area (TPSA) is 58.6 Å². The van der Waals surface area contributed by atoms with Crippen LogP contribution in [-0.4, -0.2) is 30.5 Å². The van der Waals surface area contributed by atoms with Crippen LogP contribution >= 0.6 is 0 Å². The molecular weight excluding hydrogens is 328 g/mol. The molecule has 1 heterocycles. The van der Waals surface area contributed by atoms with Gasteiger partial charge in [0.1, 0.15) is 5.75 Å². The van der Waals surface area contributed by atoms with E-state index in [0.29, 0.717) is 24.5 Å². The van der Waals surface area contributed by atoms with Gasteiger partial charge in [0.05, 0.1) is 5.69 Å². The maximum Gasteiger partial charge on any atom is 0.270 e. The van der Waals surface area contributed by atoms with Crippen LogP contribution in [0.3, 0.4) is 0 Å². The fourth-order valence-corrected chi connectivity index (χ4v) is 3.03. The zero-order valence-corrected chi connectivity index (χ0v) is 15.2. The number of nitrogens with zero attached hydrogens (tertiary/aromatic N) is 1. The smallest absolute Gasteiger partial charge is 0.270 e. The molecule has 2 aromatic carbocycles. The highest BCUT2D eigenvalue weighted by Gasteiger charge is 2.40. The Morgan fingerprint density at radius 2 is 1.77 bits per heavy atom. The van der Waals surface area contributed by atoms with E-state index >= 15 is 0 Å². The number of hydrogen-bond donors (Lipinski definition) is 1. The third kappa shape index (κ3) is 4.04. The molecule has 0 bridgehead atoms. The fraction of sp³-hybridized carbons (Fsp3) is 0.333. The zero-order chi connectivity index (χ0) is 18.6. The number of ether oxygens (including phenoxy) is 1. The Morgan fingerprint density at radius 1 is 1.08 bits per heavy atom. The van der Waals surface area contributed by atoms with Crippen molar-refractivity contribution in [1.29, 1.82) is 0 Å².